The number of anilines is 3. The summed E-state index contributed by atoms with van der Waals surface area (Å²) in [5, 5.41) is 26.9. The van der Waals surface area contributed by atoms with Crippen molar-refractivity contribution in [3.05, 3.63) is 52.7 Å². The lowest BCUT2D eigenvalue weighted by atomic mass is 10.0. The zero-order valence-corrected chi connectivity index (χ0v) is 26.6. The van der Waals surface area contributed by atoms with Gasteiger partial charge < -0.3 is 37.6 Å². The van der Waals surface area contributed by atoms with Crippen molar-refractivity contribution >= 4 is 81.4 Å². The first kappa shape index (κ1) is 32.4. The monoisotopic (exact) mass is 687 g/mol. The first-order valence-corrected chi connectivity index (χ1v) is 16.1. The van der Waals surface area contributed by atoms with E-state index in [4.69, 9.17) is 22.0 Å². The first-order chi connectivity index (χ1) is 21.8. The molecular weight excluding hydrogens is 661 g/mol. The number of oxime groups is 1. The molecule has 2 aliphatic rings. The predicted octanol–water partition coefficient (Wildman–Crippen LogP) is 0.0712. The Morgan fingerprint density at radius 1 is 1.17 bits per heavy atom. The van der Waals surface area contributed by atoms with Gasteiger partial charge in [-0.2, -0.15) is 4.57 Å². The molecule has 0 aliphatic carbocycles. The van der Waals surface area contributed by atoms with Crippen LogP contribution in [0.5, 0.6) is 0 Å². The molecule has 5 rings (SSSR count). The van der Waals surface area contributed by atoms with Gasteiger partial charge in [-0.25, -0.2) is 14.6 Å². The number of carbonyl (C=O) groups is 4. The van der Waals surface area contributed by atoms with Gasteiger partial charge in [0.1, 0.15) is 22.8 Å². The Morgan fingerprint density at radius 3 is 2.52 bits per heavy atom. The van der Waals surface area contributed by atoms with Crippen LogP contribution < -0.4 is 27.1 Å². The second-order valence-corrected chi connectivity index (χ2v) is 13.2. The summed E-state index contributed by atoms with van der Waals surface area (Å²) in [4.78, 5) is 69.1. The van der Waals surface area contributed by atoms with Crippen LogP contribution in [0.1, 0.15) is 19.5 Å². The number of nitrogen functional groups attached to an aromatic ring is 3. The number of nitrogens with one attached hydrogen (secondary N) is 1. The highest BCUT2D eigenvalue weighted by Crippen LogP contribution is 2.41. The van der Waals surface area contributed by atoms with E-state index >= 15 is 0 Å². The third-order valence-electron chi connectivity index (χ3n) is 6.65. The fraction of sp³-hybridized carbons (Fsp3) is 0.269. The molecule has 1 aromatic carbocycles. The molecule has 2 aliphatic heterocycles. The van der Waals surface area contributed by atoms with E-state index in [9.17, 15) is 29.4 Å². The summed E-state index contributed by atoms with van der Waals surface area (Å²) in [6, 6.07) is 7.94. The summed E-state index contributed by atoms with van der Waals surface area (Å²) in [5.74, 6) is -3.83. The molecule has 1 saturated heterocycles. The smallest absolute Gasteiger partial charge is 0.354 e. The van der Waals surface area contributed by atoms with E-state index in [0.717, 1.165) is 16.2 Å². The van der Waals surface area contributed by atoms with Gasteiger partial charge in [0, 0.05) is 16.9 Å². The molecule has 1 fully saturated rings. The van der Waals surface area contributed by atoms with E-state index in [1.807, 2.05) is 18.2 Å². The molecule has 4 heterocycles. The molecule has 240 valence electrons. The number of hydrogen-bond acceptors (Lipinski definition) is 15. The molecule has 2 aromatic heterocycles. The first-order valence-electron chi connectivity index (χ1n) is 13.2. The maximum absolute atomic E-state index is 13.3. The number of nitrogens with zero attached hydrogens (tertiary/aromatic N) is 6. The van der Waals surface area contributed by atoms with Crippen molar-refractivity contribution in [1.29, 1.82) is 0 Å². The molecule has 3 aromatic rings. The van der Waals surface area contributed by atoms with Crippen LogP contribution in [0.2, 0.25) is 0 Å². The highest BCUT2D eigenvalue weighted by Gasteiger charge is 2.54. The van der Waals surface area contributed by atoms with Gasteiger partial charge in [0.15, 0.2) is 10.8 Å². The third-order valence-corrected chi connectivity index (χ3v) is 9.68. The Bertz CT molecular complexity index is 1800. The van der Waals surface area contributed by atoms with Crippen molar-refractivity contribution in [1.82, 2.24) is 25.2 Å². The summed E-state index contributed by atoms with van der Waals surface area (Å²) in [6.45, 7) is 2.47. The summed E-state index contributed by atoms with van der Waals surface area (Å²) >= 11 is 3.44. The van der Waals surface area contributed by atoms with E-state index in [-0.39, 0.29) is 39.9 Å². The number of benzene rings is 1. The van der Waals surface area contributed by atoms with Crippen LogP contribution in [-0.2, 0) is 24.0 Å². The van der Waals surface area contributed by atoms with Gasteiger partial charge in [-0.15, -0.1) is 23.1 Å². The molecule has 0 radical (unpaired) electrons. The van der Waals surface area contributed by atoms with Crippen LogP contribution in [0, 0.1) is 0 Å². The Morgan fingerprint density at radius 2 is 1.89 bits per heavy atom. The van der Waals surface area contributed by atoms with Crippen LogP contribution in [0.15, 0.2) is 57.3 Å². The number of β-lactam (4-membered cyclic amide) rings is 1. The van der Waals surface area contributed by atoms with Crippen molar-refractivity contribution in [2.75, 3.05) is 28.7 Å². The number of aromatic nitrogens is 4. The van der Waals surface area contributed by atoms with Gasteiger partial charge in [-0.05, 0) is 31.6 Å². The van der Waals surface area contributed by atoms with Crippen LogP contribution in [-0.4, -0.2) is 88.1 Å². The van der Waals surface area contributed by atoms with Crippen molar-refractivity contribution in [2.45, 2.75) is 36.0 Å². The number of aliphatic carboxylic acids is 2. The molecule has 1 unspecified atom stereocenters. The van der Waals surface area contributed by atoms with E-state index in [0.29, 0.717) is 16.4 Å². The number of nitrogens with two attached hydrogens (primary N) is 3. The van der Waals surface area contributed by atoms with Crippen LogP contribution in [0.4, 0.5) is 17.0 Å². The van der Waals surface area contributed by atoms with E-state index in [1.54, 1.807) is 16.7 Å². The molecule has 20 heteroatoms. The lowest BCUT2D eigenvalue weighted by Gasteiger charge is -2.49. The molecule has 9 N–H and O–H groups in total. The van der Waals surface area contributed by atoms with E-state index in [1.165, 1.54) is 42.8 Å². The zero-order valence-electron chi connectivity index (χ0n) is 24.1. The summed E-state index contributed by atoms with van der Waals surface area (Å²) < 4.78 is 1.58. The third kappa shape index (κ3) is 6.39. The number of thioether (sulfide) groups is 2. The zero-order chi connectivity index (χ0) is 33.3. The second kappa shape index (κ2) is 12.8. The minimum atomic E-state index is -1.78. The van der Waals surface area contributed by atoms with Gasteiger partial charge in [0.05, 0.1) is 5.69 Å². The van der Waals surface area contributed by atoms with Crippen molar-refractivity contribution in [3.8, 4) is 5.69 Å². The number of hydrogen-bond donors (Lipinski definition) is 6. The molecule has 0 saturated carbocycles. The summed E-state index contributed by atoms with van der Waals surface area (Å²) in [6.07, 6.45) is 0. The predicted molar refractivity (Wildman–Crippen MR) is 169 cm³/mol. The molecule has 46 heavy (non-hydrogen) atoms. The standard InChI is InChI=1S/C26H26N10O7S3/c1-26(2,21(41)42)43-34-14(13-10-45-24(29)30-13)17(37)31-15-18(38)36-16(20(39)40)11(8-44-19(15)36)9-46-25-33-22(27)32-23(28)35(25)12-6-4-3-5-7-12/h3-7,10,15,19H,8-9H2,1-2H3,(H8,27,28,29,30,31,32,37,39,40,41,42)/p+1/b34-14-/t15?,19-/m0/s1. The van der Waals surface area contributed by atoms with Gasteiger partial charge in [-0.1, -0.05) is 45.1 Å². The molecule has 0 bridgehead atoms. The Labute approximate surface area is 272 Å². The Kier molecular flexibility index (Phi) is 9.03. The molecule has 0 spiro atoms. The Balaban J connectivity index is 1.36. The lowest BCUT2D eigenvalue weighted by molar-refractivity contribution is -0.628. The molecule has 17 nitrogen and oxygen atoms in total. The fourth-order valence-electron chi connectivity index (χ4n) is 4.31. The summed E-state index contributed by atoms with van der Waals surface area (Å²) in [7, 11) is 0. The van der Waals surface area contributed by atoms with Crippen molar-refractivity contribution in [3.63, 3.8) is 0 Å². The lowest BCUT2D eigenvalue weighted by Crippen LogP contribution is -2.71. The molecule has 2 amide bonds. The minimum Gasteiger partial charge on any atom is -0.478 e. The number of rotatable bonds is 11. The van der Waals surface area contributed by atoms with Gasteiger partial charge >= 0.3 is 23.8 Å². The number of thiazole rings is 1. The normalized spacial score (nSPS) is 18.1. The highest BCUT2D eigenvalue weighted by atomic mass is 32.2. The van der Waals surface area contributed by atoms with Crippen LogP contribution in [0.3, 0.4) is 0 Å². The number of amides is 2. The van der Waals surface area contributed by atoms with E-state index < -0.39 is 46.5 Å². The number of carboxylic acid groups (broad SMARTS) is 2. The van der Waals surface area contributed by atoms with Crippen molar-refractivity contribution < 1.29 is 38.8 Å². The number of para-hydroxylation sites is 1. The molecular formula is C26H27N10O7S3+. The number of carboxylic acids is 2. The quantitative estimate of drug-likeness (QED) is 0.0512. The summed E-state index contributed by atoms with van der Waals surface area (Å²) in [5.41, 5.74) is 16.4. The largest absolute Gasteiger partial charge is 0.478 e. The van der Waals surface area contributed by atoms with E-state index in [2.05, 4.69) is 25.4 Å². The SMILES string of the molecule is CC(C)(O/N=C(\C(=O)NC1C(=O)N2C(C(=O)O)=C(CSc3nc(N)nc(N)[n+]3-c3ccccc3)CS[C@@H]12)c1csc(N)n1)C(=O)O. The van der Waals surface area contributed by atoms with Crippen LogP contribution in [0.25, 0.3) is 5.69 Å². The fourth-order valence-corrected chi connectivity index (χ4v) is 7.36. The number of fused-ring (bicyclic) bond motifs is 1. The topological polar surface area (TPSA) is 266 Å². The second-order valence-electron chi connectivity index (χ2n) is 10.2. The minimum absolute atomic E-state index is 0.00489. The highest BCUT2D eigenvalue weighted by molar-refractivity contribution is 8.01. The van der Waals surface area contributed by atoms with Crippen molar-refractivity contribution in [2.24, 2.45) is 5.16 Å². The van der Waals surface area contributed by atoms with Gasteiger partial charge in [0.2, 0.25) is 5.60 Å². The van der Waals surface area contributed by atoms with Crippen LogP contribution >= 0.6 is 34.9 Å². The maximum Gasteiger partial charge on any atom is 0.354 e. The molecule has 2 atom stereocenters. The maximum atomic E-state index is 13.3. The average molecular weight is 688 g/mol. The average Bonchev–Trinajstić information content (AvgIpc) is 3.43. The Hall–Kier alpha value is -4.95. The van der Waals surface area contributed by atoms with Gasteiger partial charge in [-0.3, -0.25) is 14.5 Å². The number of carbonyl (C=O) groups excluding carboxylic acids is 2. The van der Waals surface area contributed by atoms with Gasteiger partial charge in [0.25, 0.3) is 17.0 Å².